The molecule has 3 rings (SSSR count). The average Bonchev–Trinajstić information content (AvgIpc) is 2.77. The van der Waals surface area contributed by atoms with Crippen LogP contribution in [0.2, 0.25) is 0 Å². The van der Waals surface area contributed by atoms with Gasteiger partial charge in [-0.05, 0) is 48.5 Å². The monoisotopic (exact) mass is 568 g/mol. The SMILES string of the molecule is O=C(Nc1ccn(COP(=O)(O)O)c(=O)c1)c1cc(C(F)(F)F)ccc1Oc1ccc(OC(F)(F)F)cc1. The minimum absolute atomic E-state index is 0.138. The van der Waals surface area contributed by atoms with Crippen LogP contribution in [0.15, 0.2) is 65.6 Å². The van der Waals surface area contributed by atoms with Gasteiger partial charge < -0.3 is 24.6 Å². The summed E-state index contributed by atoms with van der Waals surface area (Å²) in [5.41, 5.74) is -2.92. The van der Waals surface area contributed by atoms with Gasteiger partial charge in [0.05, 0.1) is 11.1 Å². The number of rotatable bonds is 8. The average molecular weight is 568 g/mol. The first kappa shape index (κ1) is 28.7. The lowest BCUT2D eigenvalue weighted by molar-refractivity contribution is -0.274. The molecule has 17 heteroatoms. The van der Waals surface area contributed by atoms with Gasteiger partial charge in [-0.3, -0.25) is 18.7 Å². The van der Waals surface area contributed by atoms with Crippen molar-refractivity contribution in [1.29, 1.82) is 0 Å². The van der Waals surface area contributed by atoms with Crippen LogP contribution in [-0.2, 0) is 22.0 Å². The second-order valence-electron chi connectivity index (χ2n) is 7.26. The third-order valence-corrected chi connectivity index (χ3v) is 4.91. The Bertz CT molecular complexity index is 1420. The van der Waals surface area contributed by atoms with Crippen molar-refractivity contribution >= 4 is 19.4 Å². The summed E-state index contributed by atoms with van der Waals surface area (Å²) in [6.07, 6.45) is -8.79. The van der Waals surface area contributed by atoms with E-state index in [1.54, 1.807) is 0 Å². The third kappa shape index (κ3) is 8.34. The highest BCUT2D eigenvalue weighted by molar-refractivity contribution is 7.46. The van der Waals surface area contributed by atoms with Gasteiger partial charge in [0.1, 0.15) is 24.0 Å². The molecule has 0 aliphatic heterocycles. The molecule has 0 atom stereocenters. The molecule has 0 spiro atoms. The topological polar surface area (TPSA) is 136 Å². The summed E-state index contributed by atoms with van der Waals surface area (Å²) in [7, 11) is -4.88. The number of carbonyl (C=O) groups is 1. The third-order valence-electron chi connectivity index (χ3n) is 4.46. The molecule has 0 bridgehead atoms. The summed E-state index contributed by atoms with van der Waals surface area (Å²) in [4.78, 5) is 42.4. The molecule has 204 valence electrons. The number of hydrogen-bond donors (Lipinski definition) is 3. The van der Waals surface area contributed by atoms with E-state index in [9.17, 15) is 40.5 Å². The second kappa shape index (κ2) is 10.9. The number of carbonyl (C=O) groups excluding carboxylic acids is 1. The molecule has 0 radical (unpaired) electrons. The highest BCUT2D eigenvalue weighted by Gasteiger charge is 2.33. The number of amides is 1. The van der Waals surface area contributed by atoms with Crippen LogP contribution in [0, 0.1) is 0 Å². The largest absolute Gasteiger partial charge is 0.573 e. The Balaban J connectivity index is 1.86. The number of alkyl halides is 6. The van der Waals surface area contributed by atoms with Crippen molar-refractivity contribution in [3.05, 3.63) is 82.3 Å². The van der Waals surface area contributed by atoms with E-state index in [2.05, 4.69) is 14.6 Å². The predicted octanol–water partition coefficient (Wildman–Crippen LogP) is 4.88. The van der Waals surface area contributed by atoms with Crippen molar-refractivity contribution in [1.82, 2.24) is 4.57 Å². The summed E-state index contributed by atoms with van der Waals surface area (Å²) in [6.45, 7) is -0.824. The second-order valence-corrected chi connectivity index (χ2v) is 8.50. The number of phosphoric ester groups is 1. The molecule has 38 heavy (non-hydrogen) atoms. The predicted molar refractivity (Wildman–Crippen MR) is 116 cm³/mol. The molecule has 0 unspecified atom stereocenters. The first-order valence-corrected chi connectivity index (χ1v) is 11.5. The number of hydrogen-bond acceptors (Lipinski definition) is 6. The van der Waals surface area contributed by atoms with E-state index >= 15 is 0 Å². The zero-order valence-corrected chi connectivity index (χ0v) is 19.4. The number of benzene rings is 2. The molecule has 0 aliphatic carbocycles. The number of phosphoric acid groups is 1. The van der Waals surface area contributed by atoms with E-state index < -0.39 is 61.2 Å². The minimum atomic E-state index is -4.95. The Morgan fingerprint density at radius 2 is 1.58 bits per heavy atom. The lowest BCUT2D eigenvalue weighted by atomic mass is 10.1. The summed E-state index contributed by atoms with van der Waals surface area (Å²) in [5.74, 6) is -2.27. The van der Waals surface area contributed by atoms with Gasteiger partial charge in [0.15, 0.2) is 0 Å². The van der Waals surface area contributed by atoms with Crippen LogP contribution in [0.4, 0.5) is 32.0 Å². The van der Waals surface area contributed by atoms with Gasteiger partial charge in [0.25, 0.3) is 11.5 Å². The molecular weight excluding hydrogens is 553 g/mol. The smallest absolute Gasteiger partial charge is 0.457 e. The van der Waals surface area contributed by atoms with Crippen molar-refractivity contribution < 1.29 is 59.5 Å². The molecule has 2 aromatic carbocycles. The molecule has 1 amide bonds. The molecule has 0 saturated heterocycles. The number of nitrogens with zero attached hydrogens (tertiary/aromatic N) is 1. The normalized spacial score (nSPS) is 12.2. The van der Waals surface area contributed by atoms with E-state index in [-0.39, 0.29) is 11.4 Å². The lowest BCUT2D eigenvalue weighted by Crippen LogP contribution is -2.22. The summed E-state index contributed by atoms with van der Waals surface area (Å²) < 4.78 is 102. The summed E-state index contributed by atoms with van der Waals surface area (Å²) in [5, 5.41) is 2.20. The Labute approximate surface area is 208 Å². The minimum Gasteiger partial charge on any atom is -0.457 e. The molecule has 3 aromatic rings. The van der Waals surface area contributed by atoms with Crippen LogP contribution in [0.3, 0.4) is 0 Å². The number of ether oxygens (including phenoxy) is 2. The number of anilines is 1. The van der Waals surface area contributed by atoms with E-state index in [0.717, 1.165) is 53.2 Å². The van der Waals surface area contributed by atoms with Gasteiger partial charge in [-0.25, -0.2) is 4.57 Å². The van der Waals surface area contributed by atoms with E-state index in [1.807, 2.05) is 0 Å². The zero-order valence-electron chi connectivity index (χ0n) is 18.5. The Morgan fingerprint density at radius 3 is 2.13 bits per heavy atom. The Kier molecular flexibility index (Phi) is 8.21. The van der Waals surface area contributed by atoms with Crippen LogP contribution in [0.5, 0.6) is 17.2 Å². The first-order valence-electron chi connectivity index (χ1n) is 9.97. The number of halogens is 6. The first-order chi connectivity index (χ1) is 17.5. The Hall–Kier alpha value is -3.85. The van der Waals surface area contributed by atoms with E-state index in [0.29, 0.717) is 12.1 Å². The van der Waals surface area contributed by atoms with Crippen molar-refractivity contribution in [3.8, 4) is 17.2 Å². The number of pyridine rings is 1. The number of aromatic nitrogens is 1. The standard InChI is InChI=1S/C21H15F6N2O8P/c22-20(23,24)12-1-6-17(36-14-2-4-15(5-3-14)37-21(25,26)27)16(9-12)19(31)28-13-7-8-29(18(30)10-13)11-35-38(32,33)34/h1-10H,11H2,(H,28,31)(H2,32,33,34). The fourth-order valence-corrected chi connectivity index (χ4v) is 3.11. The molecule has 3 N–H and O–H groups in total. The highest BCUT2D eigenvalue weighted by atomic mass is 31.2. The van der Waals surface area contributed by atoms with Gasteiger partial charge in [0.2, 0.25) is 0 Å². The van der Waals surface area contributed by atoms with Crippen molar-refractivity contribution in [2.45, 2.75) is 19.3 Å². The maximum atomic E-state index is 13.3. The molecule has 1 heterocycles. The maximum Gasteiger partial charge on any atom is 0.573 e. The van der Waals surface area contributed by atoms with Crippen LogP contribution in [0.25, 0.3) is 0 Å². The van der Waals surface area contributed by atoms with Crippen LogP contribution < -0.4 is 20.3 Å². The van der Waals surface area contributed by atoms with E-state index in [4.69, 9.17) is 14.5 Å². The van der Waals surface area contributed by atoms with Crippen LogP contribution in [-0.4, -0.2) is 26.6 Å². The van der Waals surface area contributed by atoms with Gasteiger partial charge >= 0.3 is 20.4 Å². The molecule has 0 fully saturated rings. The van der Waals surface area contributed by atoms with Crippen LogP contribution >= 0.6 is 7.82 Å². The van der Waals surface area contributed by atoms with Crippen LogP contribution in [0.1, 0.15) is 15.9 Å². The summed E-state index contributed by atoms with van der Waals surface area (Å²) >= 11 is 0. The molecule has 0 saturated carbocycles. The highest BCUT2D eigenvalue weighted by Crippen LogP contribution is 2.36. The number of nitrogens with one attached hydrogen (secondary N) is 1. The quantitative estimate of drug-likeness (QED) is 0.259. The molecule has 0 aliphatic rings. The van der Waals surface area contributed by atoms with Gasteiger partial charge in [-0.1, -0.05) is 0 Å². The van der Waals surface area contributed by atoms with E-state index in [1.165, 1.54) is 0 Å². The van der Waals surface area contributed by atoms with Crippen molar-refractivity contribution in [2.24, 2.45) is 0 Å². The van der Waals surface area contributed by atoms with Gasteiger partial charge in [0, 0.05) is 18.0 Å². The van der Waals surface area contributed by atoms with Crippen molar-refractivity contribution in [2.75, 3.05) is 5.32 Å². The van der Waals surface area contributed by atoms with Gasteiger partial charge in [-0.2, -0.15) is 13.2 Å². The summed E-state index contributed by atoms with van der Waals surface area (Å²) in [6, 6.07) is 7.67. The fourth-order valence-electron chi connectivity index (χ4n) is 2.84. The zero-order chi connectivity index (χ0) is 28.3. The molecule has 1 aromatic heterocycles. The lowest BCUT2D eigenvalue weighted by Gasteiger charge is -2.15. The maximum absolute atomic E-state index is 13.3. The molecular formula is C21H15F6N2O8P. The molecule has 10 nitrogen and oxygen atoms in total. The Morgan fingerprint density at radius 1 is 0.947 bits per heavy atom. The fraction of sp³-hybridized carbons (Fsp3) is 0.143. The van der Waals surface area contributed by atoms with Crippen molar-refractivity contribution in [3.63, 3.8) is 0 Å². The van der Waals surface area contributed by atoms with Gasteiger partial charge in [-0.15, -0.1) is 13.2 Å².